The highest BCUT2D eigenvalue weighted by molar-refractivity contribution is 7.11. The third kappa shape index (κ3) is 3.52. The van der Waals surface area contributed by atoms with Gasteiger partial charge in [-0.25, -0.2) is 9.78 Å². The second-order valence-electron chi connectivity index (χ2n) is 6.27. The van der Waals surface area contributed by atoms with Crippen LogP contribution in [0.4, 0.5) is 4.79 Å². The molecule has 2 fully saturated rings. The Labute approximate surface area is 137 Å². The first-order valence-electron chi connectivity index (χ1n) is 7.98. The van der Waals surface area contributed by atoms with E-state index in [1.807, 2.05) is 13.1 Å². The quantitative estimate of drug-likeness (QED) is 0.848. The van der Waals surface area contributed by atoms with Crippen LogP contribution in [0.1, 0.15) is 59.2 Å². The number of nitrogens with zero attached hydrogens (tertiary/aromatic N) is 3. The minimum atomic E-state index is -0.221. The number of carbonyl (C=O) groups excluding carboxylic acids is 1. The minimum Gasteiger partial charge on any atom is -0.337 e. The smallest absolute Gasteiger partial charge is 0.315 e. The topological polar surface area (TPSA) is 92.9 Å². The van der Waals surface area contributed by atoms with Crippen LogP contribution in [-0.2, 0) is 6.54 Å². The maximum atomic E-state index is 12.2. The molecule has 0 unspecified atom stereocenters. The number of hydrogen-bond donors (Lipinski definition) is 2. The highest BCUT2D eigenvalue weighted by Crippen LogP contribution is 2.42. The van der Waals surface area contributed by atoms with Crippen LogP contribution in [0.3, 0.4) is 0 Å². The van der Waals surface area contributed by atoms with Crippen molar-refractivity contribution in [3.05, 3.63) is 27.8 Å². The van der Waals surface area contributed by atoms with Gasteiger partial charge in [0.25, 0.3) is 0 Å². The standard InChI is InChI=1S/C15H19N5O2S/c1-8-6-16-14(23-8)12(9-2-3-9)19-15(21)17-7-11-18-13(20-22-11)10-4-5-10/h6,9-10,12H,2-5,7H2,1H3,(H2,17,19,21)/t12-/m0/s1. The molecular weight excluding hydrogens is 314 g/mol. The summed E-state index contributed by atoms with van der Waals surface area (Å²) in [4.78, 5) is 22.0. The van der Waals surface area contributed by atoms with E-state index in [2.05, 4.69) is 25.8 Å². The second-order valence-corrected chi connectivity index (χ2v) is 7.54. The molecule has 4 rings (SSSR count). The van der Waals surface area contributed by atoms with Gasteiger partial charge in [0.05, 0.1) is 12.6 Å². The summed E-state index contributed by atoms with van der Waals surface area (Å²) in [5, 5.41) is 10.7. The lowest BCUT2D eigenvalue weighted by atomic mass is 10.2. The van der Waals surface area contributed by atoms with Crippen LogP contribution in [0.2, 0.25) is 0 Å². The Bertz CT molecular complexity index is 704. The Hall–Kier alpha value is -1.96. The molecule has 0 saturated heterocycles. The van der Waals surface area contributed by atoms with E-state index in [1.54, 1.807) is 11.3 Å². The van der Waals surface area contributed by atoms with E-state index in [-0.39, 0.29) is 18.6 Å². The zero-order chi connectivity index (χ0) is 15.8. The molecule has 0 bridgehead atoms. The fraction of sp³-hybridized carbons (Fsp3) is 0.600. The Morgan fingerprint density at radius 2 is 2.26 bits per heavy atom. The molecule has 0 aliphatic heterocycles. The van der Waals surface area contributed by atoms with Gasteiger partial charge in [-0.2, -0.15) is 4.98 Å². The number of thiazole rings is 1. The Morgan fingerprint density at radius 3 is 2.91 bits per heavy atom. The number of rotatable bonds is 6. The molecule has 0 radical (unpaired) electrons. The zero-order valence-electron chi connectivity index (χ0n) is 12.9. The molecule has 2 heterocycles. The fourth-order valence-electron chi connectivity index (χ4n) is 2.52. The van der Waals surface area contributed by atoms with Crippen LogP contribution in [0.15, 0.2) is 10.7 Å². The second kappa shape index (κ2) is 5.92. The molecule has 1 atom stereocenters. The lowest BCUT2D eigenvalue weighted by Crippen LogP contribution is -2.38. The van der Waals surface area contributed by atoms with E-state index in [0.29, 0.717) is 17.7 Å². The third-order valence-corrected chi connectivity index (χ3v) is 5.11. The zero-order valence-corrected chi connectivity index (χ0v) is 13.7. The minimum absolute atomic E-state index is 0.00147. The van der Waals surface area contributed by atoms with Crippen molar-refractivity contribution < 1.29 is 9.32 Å². The maximum absolute atomic E-state index is 12.2. The highest BCUT2D eigenvalue weighted by atomic mass is 32.1. The summed E-state index contributed by atoms with van der Waals surface area (Å²) in [6, 6.07) is -0.223. The molecule has 122 valence electrons. The van der Waals surface area contributed by atoms with Gasteiger partial charge >= 0.3 is 6.03 Å². The molecule has 2 aliphatic rings. The van der Waals surface area contributed by atoms with E-state index in [1.165, 1.54) is 0 Å². The highest BCUT2D eigenvalue weighted by Gasteiger charge is 2.35. The van der Waals surface area contributed by atoms with Crippen molar-refractivity contribution in [3.8, 4) is 0 Å². The van der Waals surface area contributed by atoms with Gasteiger partial charge in [-0.1, -0.05) is 5.16 Å². The summed E-state index contributed by atoms with van der Waals surface area (Å²) in [5.74, 6) is 2.16. The lowest BCUT2D eigenvalue weighted by molar-refractivity contribution is 0.233. The summed E-state index contributed by atoms with van der Waals surface area (Å²) >= 11 is 1.64. The first-order chi connectivity index (χ1) is 11.2. The van der Waals surface area contributed by atoms with Crippen molar-refractivity contribution in [2.24, 2.45) is 5.92 Å². The van der Waals surface area contributed by atoms with Gasteiger partial charge in [0, 0.05) is 17.0 Å². The number of aromatic nitrogens is 3. The first-order valence-corrected chi connectivity index (χ1v) is 8.80. The van der Waals surface area contributed by atoms with Crippen LogP contribution in [-0.4, -0.2) is 21.2 Å². The Kier molecular flexibility index (Phi) is 3.76. The monoisotopic (exact) mass is 333 g/mol. The normalized spacial score (nSPS) is 18.7. The lowest BCUT2D eigenvalue weighted by Gasteiger charge is -2.15. The molecule has 2 saturated carbocycles. The van der Waals surface area contributed by atoms with E-state index in [0.717, 1.165) is 41.4 Å². The van der Waals surface area contributed by atoms with Gasteiger partial charge in [0.1, 0.15) is 5.01 Å². The largest absolute Gasteiger partial charge is 0.337 e. The van der Waals surface area contributed by atoms with Crippen molar-refractivity contribution >= 4 is 17.4 Å². The Morgan fingerprint density at radius 1 is 1.43 bits per heavy atom. The van der Waals surface area contributed by atoms with Crippen LogP contribution in [0, 0.1) is 12.8 Å². The fourth-order valence-corrected chi connectivity index (χ4v) is 3.44. The number of carbonyl (C=O) groups is 1. The SMILES string of the molecule is Cc1cnc([C@@H](NC(=O)NCc2nc(C3CC3)no2)C2CC2)s1. The van der Waals surface area contributed by atoms with E-state index in [4.69, 9.17) is 4.52 Å². The van der Waals surface area contributed by atoms with Crippen molar-refractivity contribution in [2.75, 3.05) is 0 Å². The molecule has 7 nitrogen and oxygen atoms in total. The molecule has 2 amide bonds. The summed E-state index contributed by atoms with van der Waals surface area (Å²) < 4.78 is 5.16. The number of amides is 2. The average Bonchev–Trinajstić information content (AvgIpc) is 3.46. The van der Waals surface area contributed by atoms with Gasteiger partial charge in [0.15, 0.2) is 5.82 Å². The predicted octanol–water partition coefficient (Wildman–Crippen LogP) is 2.66. The van der Waals surface area contributed by atoms with Crippen molar-refractivity contribution in [3.63, 3.8) is 0 Å². The molecule has 8 heteroatoms. The molecular formula is C15H19N5O2S. The summed E-state index contributed by atoms with van der Waals surface area (Å²) in [6.45, 7) is 2.28. The van der Waals surface area contributed by atoms with E-state index < -0.39 is 0 Å². The molecule has 2 aromatic heterocycles. The first kappa shape index (κ1) is 14.6. The van der Waals surface area contributed by atoms with Gasteiger partial charge in [-0.3, -0.25) is 0 Å². The van der Waals surface area contributed by atoms with Crippen LogP contribution in [0.5, 0.6) is 0 Å². The predicted molar refractivity (Wildman–Crippen MR) is 84.0 cm³/mol. The van der Waals surface area contributed by atoms with Crippen molar-refractivity contribution in [1.29, 1.82) is 0 Å². The summed E-state index contributed by atoms with van der Waals surface area (Å²) in [6.07, 6.45) is 6.38. The van der Waals surface area contributed by atoms with Gasteiger partial charge in [-0.15, -0.1) is 11.3 Å². The van der Waals surface area contributed by atoms with E-state index in [9.17, 15) is 4.79 Å². The number of urea groups is 1. The number of aryl methyl sites for hydroxylation is 1. The molecule has 2 aliphatic carbocycles. The third-order valence-electron chi connectivity index (χ3n) is 4.11. The maximum Gasteiger partial charge on any atom is 0.315 e. The summed E-state index contributed by atoms with van der Waals surface area (Å²) in [7, 11) is 0. The van der Waals surface area contributed by atoms with Crippen molar-refractivity contribution in [2.45, 2.75) is 51.1 Å². The van der Waals surface area contributed by atoms with E-state index >= 15 is 0 Å². The van der Waals surface area contributed by atoms with Gasteiger partial charge in [0.2, 0.25) is 5.89 Å². The molecule has 0 spiro atoms. The number of nitrogens with one attached hydrogen (secondary N) is 2. The molecule has 23 heavy (non-hydrogen) atoms. The molecule has 2 N–H and O–H groups in total. The van der Waals surface area contributed by atoms with Crippen LogP contribution < -0.4 is 10.6 Å². The molecule has 2 aromatic rings. The van der Waals surface area contributed by atoms with Gasteiger partial charge in [-0.05, 0) is 38.5 Å². The average molecular weight is 333 g/mol. The number of hydrogen-bond acceptors (Lipinski definition) is 6. The molecule has 0 aromatic carbocycles. The van der Waals surface area contributed by atoms with Crippen LogP contribution >= 0.6 is 11.3 Å². The van der Waals surface area contributed by atoms with Gasteiger partial charge < -0.3 is 15.2 Å². The van der Waals surface area contributed by atoms with Crippen LogP contribution in [0.25, 0.3) is 0 Å². The summed E-state index contributed by atoms with van der Waals surface area (Å²) in [5.41, 5.74) is 0. The Balaban J connectivity index is 1.32. The van der Waals surface area contributed by atoms with Crippen molar-refractivity contribution in [1.82, 2.24) is 25.8 Å².